The highest BCUT2D eigenvalue weighted by Crippen LogP contribution is 2.27. The molecule has 0 amide bonds. The van der Waals surface area contributed by atoms with E-state index in [1.807, 2.05) is 12.1 Å². The summed E-state index contributed by atoms with van der Waals surface area (Å²) in [7, 11) is 3.19. The van der Waals surface area contributed by atoms with Crippen molar-refractivity contribution in [2.45, 2.75) is 6.29 Å². The quantitative estimate of drug-likeness (QED) is 0.780. The highest BCUT2D eigenvalue weighted by atomic mass is 79.9. The lowest BCUT2D eigenvalue weighted by molar-refractivity contribution is -0.106. The van der Waals surface area contributed by atoms with Gasteiger partial charge in [0.15, 0.2) is 6.29 Å². The summed E-state index contributed by atoms with van der Waals surface area (Å²) in [6, 6.07) is 5.54. The molecule has 0 N–H and O–H groups in total. The molecular formula is C9H10BrClO2. The van der Waals surface area contributed by atoms with Crippen LogP contribution >= 0.6 is 27.5 Å². The maximum atomic E-state index is 5.84. The highest BCUT2D eigenvalue weighted by Gasteiger charge is 2.09. The van der Waals surface area contributed by atoms with Crippen molar-refractivity contribution >= 4 is 27.5 Å². The summed E-state index contributed by atoms with van der Waals surface area (Å²) in [4.78, 5) is 0. The van der Waals surface area contributed by atoms with Crippen LogP contribution < -0.4 is 0 Å². The van der Waals surface area contributed by atoms with Gasteiger partial charge in [-0.15, -0.1) is 0 Å². The van der Waals surface area contributed by atoms with Crippen molar-refractivity contribution in [1.29, 1.82) is 0 Å². The minimum absolute atomic E-state index is 0.339. The van der Waals surface area contributed by atoms with Gasteiger partial charge in [0.25, 0.3) is 0 Å². The van der Waals surface area contributed by atoms with Gasteiger partial charge < -0.3 is 9.47 Å². The van der Waals surface area contributed by atoms with Gasteiger partial charge >= 0.3 is 0 Å². The van der Waals surface area contributed by atoms with Crippen molar-refractivity contribution in [1.82, 2.24) is 0 Å². The Hall–Kier alpha value is -0.0900. The van der Waals surface area contributed by atoms with Crippen LogP contribution in [0, 0.1) is 0 Å². The molecule has 13 heavy (non-hydrogen) atoms. The molecule has 1 aromatic rings. The molecule has 0 aliphatic rings. The van der Waals surface area contributed by atoms with Gasteiger partial charge in [0, 0.05) is 24.3 Å². The highest BCUT2D eigenvalue weighted by molar-refractivity contribution is 9.10. The zero-order chi connectivity index (χ0) is 9.84. The third kappa shape index (κ3) is 2.68. The van der Waals surface area contributed by atoms with Crippen LogP contribution in [0.3, 0.4) is 0 Å². The Kier molecular flexibility index (Phi) is 4.19. The van der Waals surface area contributed by atoms with Gasteiger partial charge in [-0.1, -0.05) is 17.7 Å². The Labute approximate surface area is 90.9 Å². The molecule has 1 aromatic carbocycles. The number of hydrogen-bond acceptors (Lipinski definition) is 2. The van der Waals surface area contributed by atoms with Gasteiger partial charge in [-0.05, 0) is 28.1 Å². The fourth-order valence-electron chi connectivity index (χ4n) is 1.03. The lowest BCUT2D eigenvalue weighted by Gasteiger charge is -2.13. The molecule has 72 valence electrons. The van der Waals surface area contributed by atoms with Crippen LogP contribution in [0.4, 0.5) is 0 Å². The van der Waals surface area contributed by atoms with Crippen molar-refractivity contribution in [3.05, 3.63) is 33.3 Å². The van der Waals surface area contributed by atoms with Crippen molar-refractivity contribution in [2.75, 3.05) is 14.2 Å². The molecular weight excluding hydrogens is 255 g/mol. The number of hydrogen-bond donors (Lipinski definition) is 0. The Balaban J connectivity index is 2.95. The van der Waals surface area contributed by atoms with E-state index in [9.17, 15) is 0 Å². The predicted molar refractivity (Wildman–Crippen MR) is 55.9 cm³/mol. The van der Waals surface area contributed by atoms with E-state index < -0.39 is 0 Å². The van der Waals surface area contributed by atoms with Gasteiger partial charge in [-0.2, -0.15) is 0 Å². The summed E-state index contributed by atoms with van der Waals surface area (Å²) in [5.41, 5.74) is 0.932. The third-order valence-electron chi connectivity index (χ3n) is 1.64. The number of benzene rings is 1. The van der Waals surface area contributed by atoms with E-state index in [0.717, 1.165) is 10.0 Å². The third-order valence-corrected chi connectivity index (χ3v) is 2.86. The standard InChI is InChI=1S/C9H10BrClO2/c1-12-9(13-2)6-3-4-8(11)7(10)5-6/h3-5,9H,1-2H3. The summed E-state index contributed by atoms with van der Waals surface area (Å²) in [6.45, 7) is 0. The maximum absolute atomic E-state index is 5.84. The van der Waals surface area contributed by atoms with Crippen LogP contribution in [0.15, 0.2) is 22.7 Å². The molecule has 0 fully saturated rings. The second-order valence-electron chi connectivity index (χ2n) is 2.48. The summed E-state index contributed by atoms with van der Waals surface area (Å²) in [5, 5.41) is 0.676. The maximum Gasteiger partial charge on any atom is 0.183 e. The Morgan fingerprint density at radius 1 is 1.31 bits per heavy atom. The van der Waals surface area contributed by atoms with Gasteiger partial charge in [0.2, 0.25) is 0 Å². The van der Waals surface area contributed by atoms with Crippen LogP contribution in [-0.4, -0.2) is 14.2 Å². The molecule has 0 atom stereocenters. The van der Waals surface area contributed by atoms with Gasteiger partial charge in [-0.25, -0.2) is 0 Å². The van der Waals surface area contributed by atoms with Crippen molar-refractivity contribution in [3.8, 4) is 0 Å². The topological polar surface area (TPSA) is 18.5 Å². The molecule has 0 bridgehead atoms. The first-order chi connectivity index (χ1) is 6.19. The molecule has 0 unspecified atom stereocenters. The molecule has 0 saturated heterocycles. The summed E-state index contributed by atoms with van der Waals surface area (Å²) < 4.78 is 11.0. The summed E-state index contributed by atoms with van der Waals surface area (Å²) in [5.74, 6) is 0. The molecule has 0 radical (unpaired) electrons. The smallest absolute Gasteiger partial charge is 0.183 e. The Morgan fingerprint density at radius 2 is 1.92 bits per heavy atom. The van der Waals surface area contributed by atoms with E-state index in [0.29, 0.717) is 5.02 Å². The number of ether oxygens (including phenoxy) is 2. The van der Waals surface area contributed by atoms with Crippen LogP contribution in [0.1, 0.15) is 11.9 Å². The fraction of sp³-hybridized carbons (Fsp3) is 0.333. The van der Waals surface area contributed by atoms with Crippen LogP contribution in [0.2, 0.25) is 5.02 Å². The number of methoxy groups -OCH3 is 2. The Morgan fingerprint density at radius 3 is 2.38 bits per heavy atom. The zero-order valence-corrected chi connectivity index (χ0v) is 9.72. The van der Waals surface area contributed by atoms with Crippen LogP contribution in [0.5, 0.6) is 0 Å². The van der Waals surface area contributed by atoms with Crippen molar-refractivity contribution in [2.24, 2.45) is 0 Å². The molecule has 0 spiro atoms. The molecule has 0 aromatic heterocycles. The molecule has 0 heterocycles. The minimum Gasteiger partial charge on any atom is -0.352 e. The normalized spacial score (nSPS) is 10.8. The largest absolute Gasteiger partial charge is 0.352 e. The van der Waals surface area contributed by atoms with Gasteiger partial charge in [-0.3, -0.25) is 0 Å². The first-order valence-corrected chi connectivity index (χ1v) is 4.86. The van der Waals surface area contributed by atoms with E-state index in [2.05, 4.69) is 15.9 Å². The second-order valence-corrected chi connectivity index (χ2v) is 3.74. The molecule has 1 rings (SSSR count). The molecule has 0 aliphatic carbocycles. The average molecular weight is 266 g/mol. The van der Waals surface area contributed by atoms with Crippen molar-refractivity contribution in [3.63, 3.8) is 0 Å². The molecule has 0 saturated carbocycles. The second kappa shape index (κ2) is 4.96. The van der Waals surface area contributed by atoms with Crippen molar-refractivity contribution < 1.29 is 9.47 Å². The molecule has 2 nitrogen and oxygen atoms in total. The number of rotatable bonds is 3. The summed E-state index contributed by atoms with van der Waals surface area (Å²) >= 11 is 9.17. The van der Waals surface area contributed by atoms with Gasteiger partial charge in [0.1, 0.15) is 0 Å². The average Bonchev–Trinajstić information content (AvgIpc) is 2.13. The van der Waals surface area contributed by atoms with Crippen LogP contribution in [-0.2, 0) is 9.47 Å². The minimum atomic E-state index is -0.339. The first kappa shape index (κ1) is 11.0. The van der Waals surface area contributed by atoms with Gasteiger partial charge in [0.05, 0.1) is 5.02 Å². The molecule has 4 heteroatoms. The monoisotopic (exact) mass is 264 g/mol. The lowest BCUT2D eigenvalue weighted by Crippen LogP contribution is -2.03. The fourth-order valence-corrected chi connectivity index (χ4v) is 1.54. The predicted octanol–water partition coefficient (Wildman–Crippen LogP) is 3.39. The van der Waals surface area contributed by atoms with E-state index in [-0.39, 0.29) is 6.29 Å². The van der Waals surface area contributed by atoms with E-state index in [1.165, 1.54) is 0 Å². The summed E-state index contributed by atoms with van der Waals surface area (Å²) in [6.07, 6.45) is -0.339. The SMILES string of the molecule is COC(OC)c1ccc(Cl)c(Br)c1. The van der Waals surface area contributed by atoms with Crippen LogP contribution in [0.25, 0.3) is 0 Å². The van der Waals surface area contributed by atoms with E-state index in [4.69, 9.17) is 21.1 Å². The van der Waals surface area contributed by atoms with E-state index in [1.54, 1.807) is 20.3 Å². The Bertz CT molecular complexity index is 287. The van der Waals surface area contributed by atoms with E-state index >= 15 is 0 Å². The number of halogens is 2. The first-order valence-electron chi connectivity index (χ1n) is 3.69. The zero-order valence-electron chi connectivity index (χ0n) is 7.38. The lowest BCUT2D eigenvalue weighted by atomic mass is 10.2. The molecule has 0 aliphatic heterocycles.